The van der Waals surface area contributed by atoms with Crippen LogP contribution in [0.2, 0.25) is 0 Å². The summed E-state index contributed by atoms with van der Waals surface area (Å²) in [6, 6.07) is 4.59. The molecule has 0 fully saturated rings. The van der Waals surface area contributed by atoms with E-state index >= 15 is 0 Å². The molecule has 6 nitrogen and oxygen atoms in total. The van der Waals surface area contributed by atoms with Gasteiger partial charge in [0.1, 0.15) is 9.88 Å². The number of carboxylic acid groups (broad SMARTS) is 1. The maximum atomic E-state index is 12.5. The SMILES string of the molecule is Cc1nc(/C(N)=C/N(N)Cc2ccc(C(F)(F)F)cc2)sc1C(=O)O. The molecule has 2 rings (SSSR count). The van der Waals surface area contributed by atoms with Crippen LogP contribution in [0.25, 0.3) is 5.70 Å². The highest BCUT2D eigenvalue weighted by molar-refractivity contribution is 7.14. The minimum atomic E-state index is -4.39. The van der Waals surface area contributed by atoms with E-state index in [4.69, 9.17) is 16.7 Å². The van der Waals surface area contributed by atoms with Crippen LogP contribution in [0.3, 0.4) is 0 Å². The third kappa shape index (κ3) is 4.70. The van der Waals surface area contributed by atoms with E-state index in [1.54, 1.807) is 6.92 Å². The average Bonchev–Trinajstić information content (AvgIpc) is 2.89. The molecule has 0 radical (unpaired) electrons. The molecule has 1 heterocycles. The summed E-state index contributed by atoms with van der Waals surface area (Å²) in [4.78, 5) is 15.2. The zero-order valence-electron chi connectivity index (χ0n) is 13.0. The first-order chi connectivity index (χ1) is 11.6. The van der Waals surface area contributed by atoms with Crippen molar-refractivity contribution in [3.05, 3.63) is 57.2 Å². The van der Waals surface area contributed by atoms with Crippen LogP contribution in [0, 0.1) is 6.92 Å². The molecule has 0 spiro atoms. The molecule has 10 heteroatoms. The zero-order valence-corrected chi connectivity index (χ0v) is 13.9. The number of aromatic carboxylic acids is 1. The number of benzene rings is 1. The summed E-state index contributed by atoms with van der Waals surface area (Å²) >= 11 is 0.918. The third-order valence-electron chi connectivity index (χ3n) is 3.19. The van der Waals surface area contributed by atoms with Crippen molar-refractivity contribution in [2.75, 3.05) is 0 Å². The molecule has 0 aliphatic heterocycles. The van der Waals surface area contributed by atoms with Crippen LogP contribution in [-0.2, 0) is 12.7 Å². The summed E-state index contributed by atoms with van der Waals surface area (Å²) in [7, 11) is 0. The first-order valence-electron chi connectivity index (χ1n) is 6.94. The number of hydrogen-bond acceptors (Lipinski definition) is 6. The summed E-state index contributed by atoms with van der Waals surface area (Å²) in [5.41, 5.74) is 6.18. The summed E-state index contributed by atoms with van der Waals surface area (Å²) in [6.07, 6.45) is -3.04. The molecule has 0 aliphatic carbocycles. The zero-order chi connectivity index (χ0) is 18.8. The van der Waals surface area contributed by atoms with E-state index in [1.165, 1.54) is 23.3 Å². The number of carbonyl (C=O) groups is 1. The molecule has 25 heavy (non-hydrogen) atoms. The quantitative estimate of drug-likeness (QED) is 0.551. The molecule has 0 saturated heterocycles. The monoisotopic (exact) mass is 372 g/mol. The molecule has 2 aromatic rings. The van der Waals surface area contributed by atoms with Gasteiger partial charge in [-0.15, -0.1) is 11.3 Å². The first-order valence-corrected chi connectivity index (χ1v) is 7.75. The Morgan fingerprint density at radius 1 is 1.36 bits per heavy atom. The van der Waals surface area contributed by atoms with Crippen LogP contribution in [0.15, 0.2) is 30.5 Å². The van der Waals surface area contributed by atoms with E-state index in [-0.39, 0.29) is 17.1 Å². The number of thiazole rings is 1. The third-order valence-corrected chi connectivity index (χ3v) is 4.38. The van der Waals surface area contributed by atoms with E-state index in [0.717, 1.165) is 23.5 Å². The summed E-state index contributed by atoms with van der Waals surface area (Å²) in [5, 5.41) is 10.5. The van der Waals surface area contributed by atoms with Crippen molar-refractivity contribution < 1.29 is 23.1 Å². The number of aryl methyl sites for hydroxylation is 1. The molecular formula is C15H15F3N4O2S. The highest BCUT2D eigenvalue weighted by Crippen LogP contribution is 2.29. The second-order valence-corrected chi connectivity index (χ2v) is 6.19. The molecule has 1 aromatic heterocycles. The van der Waals surface area contributed by atoms with Gasteiger partial charge in [0.2, 0.25) is 0 Å². The Morgan fingerprint density at radius 3 is 2.44 bits per heavy atom. The van der Waals surface area contributed by atoms with Crippen molar-refractivity contribution in [1.29, 1.82) is 0 Å². The number of rotatable bonds is 5. The van der Waals surface area contributed by atoms with Crippen LogP contribution < -0.4 is 11.6 Å². The molecule has 0 unspecified atom stereocenters. The fourth-order valence-corrected chi connectivity index (χ4v) is 2.83. The fourth-order valence-electron chi connectivity index (χ4n) is 2.01. The minimum absolute atomic E-state index is 0.0812. The topological polar surface area (TPSA) is 105 Å². The maximum absolute atomic E-state index is 12.5. The van der Waals surface area contributed by atoms with Gasteiger partial charge in [0.05, 0.1) is 23.5 Å². The second-order valence-electron chi connectivity index (χ2n) is 5.19. The van der Waals surface area contributed by atoms with Crippen molar-refractivity contribution in [1.82, 2.24) is 9.99 Å². The Hall–Kier alpha value is -2.59. The number of halogens is 3. The van der Waals surface area contributed by atoms with Gasteiger partial charge in [-0.05, 0) is 24.6 Å². The van der Waals surface area contributed by atoms with Gasteiger partial charge in [0.15, 0.2) is 0 Å². The smallest absolute Gasteiger partial charge is 0.416 e. The number of hydrogen-bond donors (Lipinski definition) is 3. The number of alkyl halides is 3. The molecule has 0 bridgehead atoms. The lowest BCUT2D eigenvalue weighted by Crippen LogP contribution is -2.25. The van der Waals surface area contributed by atoms with E-state index < -0.39 is 17.7 Å². The Morgan fingerprint density at radius 2 is 1.96 bits per heavy atom. The van der Waals surface area contributed by atoms with Gasteiger partial charge in [-0.2, -0.15) is 13.2 Å². The molecule has 0 saturated carbocycles. The Kier molecular flexibility index (Phi) is 5.33. The van der Waals surface area contributed by atoms with Gasteiger partial charge in [0, 0.05) is 6.20 Å². The lowest BCUT2D eigenvalue weighted by Gasteiger charge is -2.15. The maximum Gasteiger partial charge on any atom is 0.416 e. The van der Waals surface area contributed by atoms with Crippen LogP contribution >= 0.6 is 11.3 Å². The van der Waals surface area contributed by atoms with Crippen molar-refractivity contribution in [3.8, 4) is 0 Å². The summed E-state index contributed by atoms with van der Waals surface area (Å²) < 4.78 is 37.6. The van der Waals surface area contributed by atoms with E-state index in [9.17, 15) is 18.0 Å². The standard InChI is InChI=1S/C15H15F3N4O2S/c1-8-12(14(23)24)25-13(21-8)11(19)7-22(20)6-9-2-4-10(5-3-9)15(16,17)18/h2-5,7H,6,19-20H2,1H3,(H,23,24)/b11-7-. The van der Waals surface area contributed by atoms with Crippen LogP contribution in [-0.4, -0.2) is 21.1 Å². The van der Waals surface area contributed by atoms with E-state index in [1.807, 2.05) is 0 Å². The van der Waals surface area contributed by atoms with Gasteiger partial charge in [0.25, 0.3) is 0 Å². The van der Waals surface area contributed by atoms with Crippen LogP contribution in [0.4, 0.5) is 13.2 Å². The molecule has 0 aliphatic rings. The normalized spacial score (nSPS) is 12.3. The molecule has 134 valence electrons. The van der Waals surface area contributed by atoms with Crippen LogP contribution in [0.5, 0.6) is 0 Å². The predicted molar refractivity (Wildman–Crippen MR) is 87.1 cm³/mol. The van der Waals surface area contributed by atoms with Gasteiger partial charge >= 0.3 is 12.1 Å². The Labute approximate surface area is 145 Å². The fraction of sp³-hybridized carbons (Fsp3) is 0.200. The van der Waals surface area contributed by atoms with Gasteiger partial charge in [-0.1, -0.05) is 12.1 Å². The minimum Gasteiger partial charge on any atom is -0.477 e. The highest BCUT2D eigenvalue weighted by atomic mass is 32.1. The highest BCUT2D eigenvalue weighted by Gasteiger charge is 2.29. The van der Waals surface area contributed by atoms with Crippen molar-refractivity contribution in [2.45, 2.75) is 19.6 Å². The molecular weight excluding hydrogens is 357 g/mol. The molecule has 0 atom stereocenters. The Balaban J connectivity index is 2.10. The largest absolute Gasteiger partial charge is 0.477 e. The first kappa shape index (κ1) is 18.7. The molecule has 0 amide bonds. The number of hydrazine groups is 1. The number of nitrogens with two attached hydrogens (primary N) is 2. The van der Waals surface area contributed by atoms with E-state index in [0.29, 0.717) is 16.3 Å². The second kappa shape index (κ2) is 7.11. The van der Waals surface area contributed by atoms with Gasteiger partial charge in [-0.3, -0.25) is 0 Å². The van der Waals surface area contributed by atoms with Gasteiger partial charge < -0.3 is 15.8 Å². The van der Waals surface area contributed by atoms with Crippen molar-refractivity contribution in [2.24, 2.45) is 11.6 Å². The summed E-state index contributed by atoms with van der Waals surface area (Å²) in [6.45, 7) is 1.67. The summed E-state index contributed by atoms with van der Waals surface area (Å²) in [5.74, 6) is 4.69. The van der Waals surface area contributed by atoms with Crippen molar-refractivity contribution in [3.63, 3.8) is 0 Å². The Bertz CT molecular complexity index is 800. The van der Waals surface area contributed by atoms with Gasteiger partial charge in [-0.25, -0.2) is 15.6 Å². The average molecular weight is 372 g/mol. The predicted octanol–water partition coefficient (Wildman–Crippen LogP) is 2.80. The molecule has 1 aromatic carbocycles. The molecule has 5 N–H and O–H groups in total. The van der Waals surface area contributed by atoms with Crippen molar-refractivity contribution >= 4 is 23.0 Å². The number of nitrogens with zero attached hydrogens (tertiary/aromatic N) is 2. The number of carboxylic acids is 1. The lowest BCUT2D eigenvalue weighted by molar-refractivity contribution is -0.137. The van der Waals surface area contributed by atoms with E-state index in [2.05, 4.69) is 4.98 Å². The number of aromatic nitrogens is 1. The van der Waals surface area contributed by atoms with Crippen LogP contribution in [0.1, 0.15) is 31.5 Å². The lowest BCUT2D eigenvalue weighted by atomic mass is 10.1.